The lowest BCUT2D eigenvalue weighted by Crippen LogP contribution is -2.27. The van der Waals surface area contributed by atoms with Crippen LogP contribution in [0.3, 0.4) is 0 Å². The molecule has 1 N–H and O–H groups in total. The monoisotopic (exact) mass is 232 g/mol. The number of carbonyl (C=O) groups excluding carboxylic acids is 1. The van der Waals surface area contributed by atoms with Gasteiger partial charge in [0.05, 0.1) is 0 Å². The number of rotatable bonds is 1. The van der Waals surface area contributed by atoms with E-state index in [-0.39, 0.29) is 0 Å². The zero-order valence-electron chi connectivity index (χ0n) is 10.5. The van der Waals surface area contributed by atoms with Crippen LogP contribution in [-0.4, -0.2) is 11.7 Å². The van der Waals surface area contributed by atoms with Crippen molar-refractivity contribution >= 4 is 11.8 Å². The maximum Gasteiger partial charge on any atom is 0.412 e. The number of benzene rings is 1. The standard InChI is InChI=1S/C14H18NO2/c1-14(2,3)17-13(16)15-12-8-7-10-5-4-6-11(10)9-12/h4,7-9H,5-6H2,1-3H3,(H,15,16). The van der Waals surface area contributed by atoms with E-state index >= 15 is 0 Å². The van der Waals surface area contributed by atoms with Gasteiger partial charge in [0.25, 0.3) is 0 Å². The second kappa shape index (κ2) is 4.40. The van der Waals surface area contributed by atoms with Gasteiger partial charge in [0, 0.05) is 5.69 Å². The summed E-state index contributed by atoms with van der Waals surface area (Å²) in [6.45, 7) is 5.55. The second-order valence-corrected chi connectivity index (χ2v) is 5.31. The van der Waals surface area contributed by atoms with E-state index in [1.54, 1.807) is 0 Å². The average molecular weight is 232 g/mol. The summed E-state index contributed by atoms with van der Waals surface area (Å²) in [5, 5.41) is 2.75. The van der Waals surface area contributed by atoms with Gasteiger partial charge in [-0.25, -0.2) is 4.79 Å². The molecule has 0 aliphatic heterocycles. The molecule has 0 heterocycles. The third-order valence-electron chi connectivity index (χ3n) is 2.58. The van der Waals surface area contributed by atoms with Crippen LogP contribution in [0.2, 0.25) is 0 Å². The van der Waals surface area contributed by atoms with Gasteiger partial charge in [0.2, 0.25) is 0 Å². The summed E-state index contributed by atoms with van der Waals surface area (Å²) < 4.78 is 5.20. The van der Waals surface area contributed by atoms with Crippen molar-refractivity contribution in [2.24, 2.45) is 0 Å². The predicted octanol–water partition coefficient (Wildman–Crippen LogP) is 3.34. The van der Waals surface area contributed by atoms with E-state index in [2.05, 4.69) is 17.8 Å². The van der Waals surface area contributed by atoms with Gasteiger partial charge in [-0.05, 0) is 63.3 Å². The van der Waals surface area contributed by atoms with Crippen LogP contribution < -0.4 is 5.32 Å². The average Bonchev–Trinajstić information content (AvgIpc) is 2.61. The minimum Gasteiger partial charge on any atom is -0.444 e. The zero-order chi connectivity index (χ0) is 12.5. The highest BCUT2D eigenvalue weighted by Gasteiger charge is 2.17. The van der Waals surface area contributed by atoms with E-state index in [1.807, 2.05) is 32.9 Å². The fourth-order valence-corrected chi connectivity index (χ4v) is 1.90. The van der Waals surface area contributed by atoms with Gasteiger partial charge in [-0.3, -0.25) is 5.32 Å². The van der Waals surface area contributed by atoms with E-state index in [0.717, 1.165) is 18.5 Å². The Labute approximate surface area is 102 Å². The van der Waals surface area contributed by atoms with Crippen LogP contribution >= 0.6 is 0 Å². The van der Waals surface area contributed by atoms with Gasteiger partial charge in [0.15, 0.2) is 0 Å². The number of nitrogens with one attached hydrogen (secondary N) is 1. The Bertz CT molecular complexity index is 432. The summed E-state index contributed by atoms with van der Waals surface area (Å²) in [5.41, 5.74) is 2.97. The summed E-state index contributed by atoms with van der Waals surface area (Å²) in [7, 11) is 0. The molecule has 2 rings (SSSR count). The van der Waals surface area contributed by atoms with Crippen molar-refractivity contribution in [1.82, 2.24) is 0 Å². The Balaban J connectivity index is 2.02. The molecule has 1 radical (unpaired) electrons. The molecular weight excluding hydrogens is 214 g/mol. The minimum atomic E-state index is -0.464. The van der Waals surface area contributed by atoms with Crippen LogP contribution in [0, 0.1) is 6.42 Å². The molecule has 0 atom stereocenters. The maximum absolute atomic E-state index is 11.6. The van der Waals surface area contributed by atoms with Crippen molar-refractivity contribution < 1.29 is 9.53 Å². The van der Waals surface area contributed by atoms with E-state index in [9.17, 15) is 4.79 Å². The van der Waals surface area contributed by atoms with Crippen molar-refractivity contribution in [2.75, 3.05) is 5.32 Å². The smallest absolute Gasteiger partial charge is 0.412 e. The van der Waals surface area contributed by atoms with Gasteiger partial charge >= 0.3 is 6.09 Å². The molecule has 1 aliphatic rings. The van der Waals surface area contributed by atoms with E-state index < -0.39 is 11.7 Å². The van der Waals surface area contributed by atoms with E-state index in [1.165, 1.54) is 11.1 Å². The van der Waals surface area contributed by atoms with Gasteiger partial charge < -0.3 is 4.74 Å². The van der Waals surface area contributed by atoms with Crippen molar-refractivity contribution in [3.63, 3.8) is 0 Å². The SMILES string of the molecule is CC(C)(C)OC(=O)Nc1ccc2c(c1)C[CH]C2. The summed E-state index contributed by atoms with van der Waals surface area (Å²) in [5.74, 6) is 0. The molecule has 1 aliphatic carbocycles. The predicted molar refractivity (Wildman–Crippen MR) is 68.0 cm³/mol. The molecule has 0 fully saturated rings. The first kappa shape index (κ1) is 12.0. The molecule has 3 nitrogen and oxygen atoms in total. The first-order chi connectivity index (χ1) is 7.94. The molecule has 0 saturated carbocycles. The number of hydrogen-bond donors (Lipinski definition) is 1. The Morgan fingerprint density at radius 3 is 2.65 bits per heavy atom. The molecule has 1 aromatic carbocycles. The highest BCUT2D eigenvalue weighted by Crippen LogP contribution is 2.24. The van der Waals surface area contributed by atoms with Crippen LogP contribution in [-0.2, 0) is 17.6 Å². The molecule has 17 heavy (non-hydrogen) atoms. The number of carbonyl (C=O) groups is 1. The highest BCUT2D eigenvalue weighted by molar-refractivity contribution is 5.85. The summed E-state index contributed by atoms with van der Waals surface area (Å²) in [6.07, 6.45) is 3.85. The van der Waals surface area contributed by atoms with Crippen molar-refractivity contribution in [1.29, 1.82) is 0 Å². The maximum atomic E-state index is 11.6. The number of fused-ring (bicyclic) bond motifs is 1. The highest BCUT2D eigenvalue weighted by atomic mass is 16.6. The third-order valence-corrected chi connectivity index (χ3v) is 2.58. The molecule has 3 heteroatoms. The third kappa shape index (κ3) is 3.22. The molecule has 0 aromatic heterocycles. The zero-order valence-corrected chi connectivity index (χ0v) is 10.5. The summed E-state index contributed by atoms with van der Waals surface area (Å²) in [6, 6.07) is 6.00. The summed E-state index contributed by atoms with van der Waals surface area (Å²) >= 11 is 0. The largest absolute Gasteiger partial charge is 0.444 e. The lowest BCUT2D eigenvalue weighted by molar-refractivity contribution is 0.0636. The Morgan fingerprint density at radius 2 is 1.94 bits per heavy atom. The molecule has 0 bridgehead atoms. The van der Waals surface area contributed by atoms with Gasteiger partial charge in [0.1, 0.15) is 5.60 Å². The first-order valence-electron chi connectivity index (χ1n) is 5.87. The second-order valence-electron chi connectivity index (χ2n) is 5.31. The van der Waals surface area contributed by atoms with E-state index in [4.69, 9.17) is 4.74 Å². The van der Waals surface area contributed by atoms with Crippen LogP contribution in [0.5, 0.6) is 0 Å². The molecule has 1 aromatic rings. The van der Waals surface area contributed by atoms with Gasteiger partial charge in [-0.2, -0.15) is 0 Å². The molecule has 0 unspecified atom stereocenters. The molecule has 1 amide bonds. The fourth-order valence-electron chi connectivity index (χ4n) is 1.90. The molecule has 0 spiro atoms. The quantitative estimate of drug-likeness (QED) is 0.806. The Hall–Kier alpha value is -1.51. The van der Waals surface area contributed by atoms with Crippen LogP contribution in [0.15, 0.2) is 18.2 Å². The Morgan fingerprint density at radius 1 is 1.24 bits per heavy atom. The fraction of sp³-hybridized carbons (Fsp3) is 0.429. The topological polar surface area (TPSA) is 38.3 Å². The van der Waals surface area contributed by atoms with Crippen LogP contribution in [0.25, 0.3) is 0 Å². The van der Waals surface area contributed by atoms with Crippen molar-refractivity contribution in [3.8, 4) is 0 Å². The molecule has 0 saturated heterocycles. The van der Waals surface area contributed by atoms with Crippen molar-refractivity contribution in [3.05, 3.63) is 35.7 Å². The summed E-state index contributed by atoms with van der Waals surface area (Å²) in [4.78, 5) is 11.6. The first-order valence-corrected chi connectivity index (χ1v) is 5.87. The lowest BCUT2D eigenvalue weighted by atomic mass is 10.1. The molecular formula is C14H18NO2. The number of ether oxygens (including phenoxy) is 1. The van der Waals surface area contributed by atoms with E-state index in [0.29, 0.717) is 0 Å². The number of hydrogen-bond acceptors (Lipinski definition) is 2. The minimum absolute atomic E-state index is 0.403. The normalized spacial score (nSPS) is 14.3. The van der Waals surface area contributed by atoms with Crippen molar-refractivity contribution in [2.45, 2.75) is 39.2 Å². The number of anilines is 1. The number of amides is 1. The van der Waals surface area contributed by atoms with Gasteiger partial charge in [-0.1, -0.05) is 6.07 Å². The van der Waals surface area contributed by atoms with Gasteiger partial charge in [-0.15, -0.1) is 0 Å². The lowest BCUT2D eigenvalue weighted by Gasteiger charge is -2.19. The Kier molecular flexibility index (Phi) is 3.09. The van der Waals surface area contributed by atoms with Crippen LogP contribution in [0.4, 0.5) is 10.5 Å². The molecule has 91 valence electrons. The van der Waals surface area contributed by atoms with Crippen LogP contribution in [0.1, 0.15) is 31.9 Å².